The van der Waals surface area contributed by atoms with Crippen molar-refractivity contribution >= 4 is 23.2 Å². The van der Waals surface area contributed by atoms with E-state index in [9.17, 15) is 9.59 Å². The Morgan fingerprint density at radius 2 is 2.03 bits per heavy atom. The molecule has 0 spiro atoms. The van der Waals surface area contributed by atoms with Gasteiger partial charge in [0.1, 0.15) is 5.75 Å². The number of likely N-dealkylation sites (tertiary alicyclic amines) is 1. The first kappa shape index (κ1) is 19.9. The lowest BCUT2D eigenvalue weighted by atomic mass is 9.98. The van der Waals surface area contributed by atoms with E-state index in [1.807, 2.05) is 29.2 Å². The van der Waals surface area contributed by atoms with Gasteiger partial charge in [-0.1, -0.05) is 0 Å². The van der Waals surface area contributed by atoms with E-state index in [4.69, 9.17) is 9.72 Å². The normalized spacial score (nSPS) is 19.1. The number of benzene rings is 1. The summed E-state index contributed by atoms with van der Waals surface area (Å²) in [5.41, 5.74) is 1.72. The predicted octanol–water partition coefficient (Wildman–Crippen LogP) is 3.24. The predicted molar refractivity (Wildman–Crippen MR) is 112 cm³/mol. The molecule has 1 aromatic heterocycles. The van der Waals surface area contributed by atoms with E-state index in [2.05, 4.69) is 10.7 Å². The molecule has 1 atom stereocenters. The number of hydrogen-bond donors (Lipinski definition) is 1. The van der Waals surface area contributed by atoms with E-state index in [1.165, 1.54) is 0 Å². The Balaban J connectivity index is 1.32. The quantitative estimate of drug-likeness (QED) is 0.756. The maximum absolute atomic E-state index is 12.9. The van der Waals surface area contributed by atoms with Gasteiger partial charge in [-0.25, -0.2) is 4.98 Å². The maximum atomic E-state index is 12.9. The molecule has 1 saturated carbocycles. The van der Waals surface area contributed by atoms with Gasteiger partial charge in [0.25, 0.3) is 5.91 Å². The molecule has 4 rings (SSSR count). The summed E-state index contributed by atoms with van der Waals surface area (Å²) in [6.07, 6.45) is 4.85. The third-order valence-corrected chi connectivity index (χ3v) is 6.65. The van der Waals surface area contributed by atoms with Crippen molar-refractivity contribution in [3.8, 4) is 5.75 Å². The van der Waals surface area contributed by atoms with Crippen molar-refractivity contribution < 1.29 is 14.3 Å². The molecule has 6 nitrogen and oxygen atoms in total. The molecule has 2 aromatic rings. The second-order valence-electron chi connectivity index (χ2n) is 7.81. The monoisotopic (exact) mass is 413 g/mol. The largest absolute Gasteiger partial charge is 0.497 e. The molecule has 29 heavy (non-hydrogen) atoms. The summed E-state index contributed by atoms with van der Waals surface area (Å²) in [4.78, 5) is 31.3. The van der Waals surface area contributed by atoms with Crippen molar-refractivity contribution in [3.63, 3.8) is 0 Å². The number of amides is 2. The van der Waals surface area contributed by atoms with Crippen LogP contribution in [0.5, 0.6) is 5.75 Å². The number of thiazole rings is 1. The number of aromatic nitrogens is 1. The Morgan fingerprint density at radius 1 is 1.24 bits per heavy atom. The van der Waals surface area contributed by atoms with Crippen LogP contribution in [0.15, 0.2) is 29.6 Å². The molecule has 0 radical (unpaired) electrons. The third kappa shape index (κ3) is 4.96. The summed E-state index contributed by atoms with van der Waals surface area (Å²) in [7, 11) is 1.62. The van der Waals surface area contributed by atoms with E-state index in [0.717, 1.165) is 55.1 Å². The van der Waals surface area contributed by atoms with Crippen molar-refractivity contribution in [1.29, 1.82) is 0 Å². The molecule has 1 aromatic carbocycles. The minimum Gasteiger partial charge on any atom is -0.497 e. The fourth-order valence-electron chi connectivity index (χ4n) is 3.71. The van der Waals surface area contributed by atoms with Crippen molar-refractivity contribution in [3.05, 3.63) is 45.9 Å². The maximum Gasteiger partial charge on any atom is 0.253 e. The number of nitrogens with zero attached hydrogens (tertiary/aromatic N) is 2. The zero-order valence-electron chi connectivity index (χ0n) is 16.7. The summed E-state index contributed by atoms with van der Waals surface area (Å²) in [5.74, 6) is 1.53. The number of ether oxygens (including phenoxy) is 1. The first-order chi connectivity index (χ1) is 14.1. The molecular formula is C22H27N3O3S. The first-order valence-corrected chi connectivity index (χ1v) is 11.2. The molecule has 1 unspecified atom stereocenters. The number of hydrogen-bond acceptors (Lipinski definition) is 5. The van der Waals surface area contributed by atoms with Gasteiger partial charge in [-0.3, -0.25) is 9.59 Å². The fraction of sp³-hybridized carbons (Fsp3) is 0.500. The lowest BCUT2D eigenvalue weighted by Gasteiger charge is -2.32. The summed E-state index contributed by atoms with van der Waals surface area (Å²) < 4.78 is 5.17. The van der Waals surface area contributed by atoms with E-state index in [1.54, 1.807) is 18.4 Å². The SMILES string of the molecule is COc1ccc(C(=O)N2CCCC(c3nc(CCNC(=O)C4CC4)cs3)C2)cc1. The van der Waals surface area contributed by atoms with Gasteiger partial charge in [-0.05, 0) is 49.9 Å². The van der Waals surface area contributed by atoms with Gasteiger partial charge in [0.2, 0.25) is 5.91 Å². The molecule has 2 amide bonds. The molecule has 0 bridgehead atoms. The summed E-state index contributed by atoms with van der Waals surface area (Å²) in [6, 6.07) is 7.29. The van der Waals surface area contributed by atoms with Crippen molar-refractivity contribution in [2.75, 3.05) is 26.7 Å². The van der Waals surface area contributed by atoms with Crippen LogP contribution in [0, 0.1) is 5.92 Å². The smallest absolute Gasteiger partial charge is 0.253 e. The first-order valence-electron chi connectivity index (χ1n) is 10.3. The fourth-order valence-corrected chi connectivity index (χ4v) is 4.69. The Morgan fingerprint density at radius 3 is 2.76 bits per heavy atom. The molecule has 1 aliphatic carbocycles. The summed E-state index contributed by atoms with van der Waals surface area (Å²) in [5, 5.41) is 6.18. The molecule has 7 heteroatoms. The van der Waals surface area contributed by atoms with Crippen LogP contribution < -0.4 is 10.1 Å². The third-order valence-electron chi connectivity index (χ3n) is 5.59. The average Bonchev–Trinajstić information content (AvgIpc) is 3.52. The Kier molecular flexibility index (Phi) is 6.13. The number of carbonyl (C=O) groups excluding carboxylic acids is 2. The zero-order valence-corrected chi connectivity index (χ0v) is 17.5. The minimum absolute atomic E-state index is 0.0666. The van der Waals surface area contributed by atoms with Gasteiger partial charge in [0.05, 0.1) is 17.8 Å². The molecule has 2 fully saturated rings. The van der Waals surface area contributed by atoms with E-state index < -0.39 is 0 Å². The summed E-state index contributed by atoms with van der Waals surface area (Å²) in [6.45, 7) is 2.13. The van der Waals surface area contributed by atoms with Gasteiger partial charge >= 0.3 is 0 Å². The van der Waals surface area contributed by atoms with Crippen molar-refractivity contribution in [2.24, 2.45) is 5.92 Å². The van der Waals surface area contributed by atoms with Gasteiger partial charge in [0, 0.05) is 48.8 Å². The van der Waals surface area contributed by atoms with E-state index in [0.29, 0.717) is 18.7 Å². The van der Waals surface area contributed by atoms with E-state index in [-0.39, 0.29) is 23.7 Å². The number of piperidine rings is 1. The van der Waals surface area contributed by atoms with Gasteiger partial charge in [-0.2, -0.15) is 0 Å². The number of carbonyl (C=O) groups is 2. The van der Waals surface area contributed by atoms with Crippen molar-refractivity contribution in [2.45, 2.75) is 38.0 Å². The zero-order chi connectivity index (χ0) is 20.2. The number of nitrogens with one attached hydrogen (secondary N) is 1. The Bertz CT molecular complexity index is 860. The second kappa shape index (κ2) is 8.95. The van der Waals surface area contributed by atoms with Crippen LogP contribution in [0.2, 0.25) is 0 Å². The lowest BCUT2D eigenvalue weighted by Crippen LogP contribution is -2.39. The number of methoxy groups -OCH3 is 1. The Hall–Kier alpha value is -2.41. The van der Waals surface area contributed by atoms with Crippen LogP contribution >= 0.6 is 11.3 Å². The van der Waals surface area contributed by atoms with Gasteiger partial charge in [-0.15, -0.1) is 11.3 Å². The molecule has 1 N–H and O–H groups in total. The van der Waals surface area contributed by atoms with Crippen LogP contribution in [0.1, 0.15) is 52.7 Å². The van der Waals surface area contributed by atoms with Crippen LogP contribution in [0.4, 0.5) is 0 Å². The lowest BCUT2D eigenvalue weighted by molar-refractivity contribution is -0.122. The highest BCUT2D eigenvalue weighted by Crippen LogP contribution is 2.31. The van der Waals surface area contributed by atoms with Crippen LogP contribution in [-0.4, -0.2) is 48.4 Å². The molecule has 1 saturated heterocycles. The molecule has 154 valence electrons. The standard InChI is InChI=1S/C22H27N3O3S/c1-28-19-8-6-16(7-9-19)22(27)25-12-2-3-17(13-25)21-24-18(14-29-21)10-11-23-20(26)15-4-5-15/h6-9,14-15,17H,2-5,10-13H2,1H3,(H,23,26). The molecular weight excluding hydrogens is 386 g/mol. The summed E-state index contributed by atoms with van der Waals surface area (Å²) >= 11 is 1.67. The van der Waals surface area contributed by atoms with Gasteiger partial charge in [0.15, 0.2) is 0 Å². The highest BCUT2D eigenvalue weighted by Gasteiger charge is 2.29. The van der Waals surface area contributed by atoms with Crippen molar-refractivity contribution in [1.82, 2.24) is 15.2 Å². The van der Waals surface area contributed by atoms with Crippen LogP contribution in [0.3, 0.4) is 0 Å². The Labute approximate surface area is 175 Å². The van der Waals surface area contributed by atoms with Gasteiger partial charge < -0.3 is 15.0 Å². The number of rotatable bonds is 7. The minimum atomic E-state index is 0.0666. The van der Waals surface area contributed by atoms with Crippen LogP contribution in [-0.2, 0) is 11.2 Å². The van der Waals surface area contributed by atoms with Crippen LogP contribution in [0.25, 0.3) is 0 Å². The molecule has 2 heterocycles. The molecule has 1 aliphatic heterocycles. The molecule has 2 aliphatic rings. The average molecular weight is 414 g/mol. The van der Waals surface area contributed by atoms with E-state index >= 15 is 0 Å². The highest BCUT2D eigenvalue weighted by molar-refractivity contribution is 7.09. The topological polar surface area (TPSA) is 71.5 Å². The second-order valence-corrected chi connectivity index (χ2v) is 8.70. The highest BCUT2D eigenvalue weighted by atomic mass is 32.1.